The van der Waals surface area contributed by atoms with Crippen molar-refractivity contribution in [2.45, 2.75) is 32.6 Å². The summed E-state index contributed by atoms with van der Waals surface area (Å²) in [4.78, 5) is 35.2. The van der Waals surface area contributed by atoms with Crippen molar-refractivity contribution >= 4 is 17.8 Å². The number of anilines is 1. The molecule has 2 amide bonds. The van der Waals surface area contributed by atoms with E-state index in [0.717, 1.165) is 18.5 Å². The van der Waals surface area contributed by atoms with E-state index in [4.69, 9.17) is 5.73 Å². The molecule has 3 N–H and O–H groups in total. The molecule has 0 radical (unpaired) electrons. The number of likely N-dealkylation sites (tertiary alicyclic amines) is 1. The lowest BCUT2D eigenvalue weighted by Crippen LogP contribution is -2.44. The fourth-order valence-corrected chi connectivity index (χ4v) is 3.41. The largest absolute Gasteiger partial charge is 0.368 e. The topological polar surface area (TPSA) is 101 Å². The molecule has 1 saturated heterocycles. The first-order valence-electron chi connectivity index (χ1n) is 9.81. The molecule has 1 atom stereocenters. The summed E-state index contributed by atoms with van der Waals surface area (Å²) in [5.74, 6) is -0.425. The Kier molecular flexibility index (Phi) is 6.41. The monoisotopic (exact) mass is 399 g/mol. The van der Waals surface area contributed by atoms with Crippen LogP contribution in [0.2, 0.25) is 0 Å². The third-order valence-corrected chi connectivity index (χ3v) is 5.04. The molecule has 29 heavy (non-hydrogen) atoms. The van der Waals surface area contributed by atoms with Gasteiger partial charge < -0.3 is 16.0 Å². The van der Waals surface area contributed by atoms with Gasteiger partial charge in [0.1, 0.15) is 11.5 Å². The Hall–Kier alpha value is -3.03. The van der Waals surface area contributed by atoms with E-state index in [9.17, 15) is 14.0 Å². The van der Waals surface area contributed by atoms with Crippen LogP contribution in [0.4, 0.5) is 10.3 Å². The zero-order valence-corrected chi connectivity index (χ0v) is 16.7. The molecule has 1 aliphatic rings. The number of carbonyl (C=O) groups excluding carboxylic acids is 2. The lowest BCUT2D eigenvalue weighted by atomic mass is 9.97. The summed E-state index contributed by atoms with van der Waals surface area (Å²) in [6.07, 6.45) is 1.76. The van der Waals surface area contributed by atoms with Gasteiger partial charge in [0.05, 0.1) is 0 Å². The van der Waals surface area contributed by atoms with Crippen LogP contribution >= 0.6 is 0 Å². The third kappa shape index (κ3) is 5.28. The summed E-state index contributed by atoms with van der Waals surface area (Å²) in [5.41, 5.74) is 7.22. The first-order valence-corrected chi connectivity index (χ1v) is 9.81. The summed E-state index contributed by atoms with van der Waals surface area (Å²) in [6, 6.07) is 7.12. The normalized spacial score (nSPS) is 16.7. The minimum Gasteiger partial charge on any atom is -0.368 e. The number of halogens is 1. The molecule has 1 aromatic heterocycles. The van der Waals surface area contributed by atoms with E-state index in [1.54, 1.807) is 11.0 Å². The van der Waals surface area contributed by atoms with E-state index in [-0.39, 0.29) is 35.4 Å². The molecule has 0 spiro atoms. The molecule has 8 heteroatoms. The smallest absolute Gasteiger partial charge is 0.272 e. The second kappa shape index (κ2) is 8.98. The number of hydrogen-bond acceptors (Lipinski definition) is 5. The highest BCUT2D eigenvalue weighted by Gasteiger charge is 2.26. The maximum atomic E-state index is 13.0. The lowest BCUT2D eigenvalue weighted by molar-refractivity contribution is 0.0665. The minimum atomic E-state index is -0.381. The van der Waals surface area contributed by atoms with Crippen LogP contribution in [0.3, 0.4) is 0 Å². The average molecular weight is 399 g/mol. The van der Waals surface area contributed by atoms with Gasteiger partial charge in [-0.3, -0.25) is 9.59 Å². The van der Waals surface area contributed by atoms with Gasteiger partial charge in [0.2, 0.25) is 5.95 Å². The quantitative estimate of drug-likeness (QED) is 0.805. The van der Waals surface area contributed by atoms with E-state index in [2.05, 4.69) is 15.3 Å². The molecule has 1 fully saturated rings. The van der Waals surface area contributed by atoms with Gasteiger partial charge >= 0.3 is 0 Å². The summed E-state index contributed by atoms with van der Waals surface area (Å²) < 4.78 is 13.0. The first-order chi connectivity index (χ1) is 13.8. The zero-order valence-electron chi connectivity index (χ0n) is 16.7. The Bertz CT molecular complexity index is 885. The highest BCUT2D eigenvalue weighted by molar-refractivity contribution is 5.94. The van der Waals surface area contributed by atoms with Crippen molar-refractivity contribution in [2.75, 3.05) is 25.4 Å². The van der Waals surface area contributed by atoms with Gasteiger partial charge in [-0.25, -0.2) is 14.4 Å². The Morgan fingerprint density at radius 1 is 1.28 bits per heavy atom. The van der Waals surface area contributed by atoms with Gasteiger partial charge in [0.15, 0.2) is 0 Å². The Balaban J connectivity index is 1.61. The molecule has 1 aliphatic heterocycles. The number of aromatic nitrogens is 2. The van der Waals surface area contributed by atoms with Crippen LogP contribution < -0.4 is 11.1 Å². The highest BCUT2D eigenvalue weighted by Crippen LogP contribution is 2.20. The van der Waals surface area contributed by atoms with Crippen molar-refractivity contribution in [3.8, 4) is 0 Å². The second-order valence-electron chi connectivity index (χ2n) is 7.67. The zero-order chi connectivity index (χ0) is 21.0. The number of nitrogen functional groups attached to an aromatic ring is 1. The third-order valence-electron chi connectivity index (χ3n) is 5.04. The van der Waals surface area contributed by atoms with Gasteiger partial charge in [-0.1, -0.05) is 13.8 Å². The van der Waals surface area contributed by atoms with E-state index >= 15 is 0 Å². The fraction of sp³-hybridized carbons (Fsp3) is 0.429. The average Bonchev–Trinajstić information content (AvgIpc) is 2.71. The van der Waals surface area contributed by atoms with Gasteiger partial charge in [-0.05, 0) is 55.0 Å². The van der Waals surface area contributed by atoms with Crippen LogP contribution in [-0.4, -0.2) is 46.3 Å². The van der Waals surface area contributed by atoms with Crippen molar-refractivity contribution in [1.29, 1.82) is 0 Å². The van der Waals surface area contributed by atoms with Gasteiger partial charge in [-0.15, -0.1) is 0 Å². The maximum absolute atomic E-state index is 13.0. The summed E-state index contributed by atoms with van der Waals surface area (Å²) >= 11 is 0. The number of benzene rings is 1. The number of rotatable bonds is 5. The summed E-state index contributed by atoms with van der Waals surface area (Å²) in [6.45, 7) is 5.59. The van der Waals surface area contributed by atoms with Gasteiger partial charge in [-0.2, -0.15) is 0 Å². The standard InChI is InChI=1S/C21H26FN5O2/c1-13(2)17-10-18(26-21(23)25-17)20(29)27-9-3-4-14(12-27)11-24-19(28)15-5-7-16(22)8-6-15/h5-8,10,13-14H,3-4,9,11-12H2,1-2H3,(H,24,28)(H2,23,25,26). The lowest BCUT2D eigenvalue weighted by Gasteiger charge is -2.32. The molecule has 154 valence electrons. The van der Waals surface area contributed by atoms with Crippen LogP contribution in [0.1, 0.15) is 59.1 Å². The first kappa shape index (κ1) is 20.7. The van der Waals surface area contributed by atoms with Crippen molar-refractivity contribution < 1.29 is 14.0 Å². The number of amides is 2. The number of hydrogen-bond donors (Lipinski definition) is 2. The Morgan fingerprint density at radius 2 is 2.00 bits per heavy atom. The van der Waals surface area contributed by atoms with Crippen LogP contribution in [-0.2, 0) is 0 Å². The van der Waals surface area contributed by atoms with Crippen molar-refractivity contribution in [3.63, 3.8) is 0 Å². The molecule has 1 unspecified atom stereocenters. The van der Waals surface area contributed by atoms with Crippen LogP contribution in [0.5, 0.6) is 0 Å². The molecule has 2 aromatic rings. The number of piperidine rings is 1. The van der Waals surface area contributed by atoms with Crippen molar-refractivity contribution in [3.05, 3.63) is 53.1 Å². The molecule has 1 aromatic carbocycles. The Morgan fingerprint density at radius 3 is 2.69 bits per heavy atom. The fourth-order valence-electron chi connectivity index (χ4n) is 3.41. The summed E-state index contributed by atoms with van der Waals surface area (Å²) in [7, 11) is 0. The molecule has 0 aliphatic carbocycles. The molecule has 7 nitrogen and oxygen atoms in total. The van der Waals surface area contributed by atoms with Crippen LogP contribution in [0.15, 0.2) is 30.3 Å². The van der Waals surface area contributed by atoms with Crippen LogP contribution in [0.25, 0.3) is 0 Å². The van der Waals surface area contributed by atoms with Crippen molar-refractivity contribution in [1.82, 2.24) is 20.2 Å². The van der Waals surface area contributed by atoms with E-state index in [1.807, 2.05) is 13.8 Å². The van der Waals surface area contributed by atoms with Gasteiger partial charge in [0.25, 0.3) is 11.8 Å². The van der Waals surface area contributed by atoms with Crippen LogP contribution in [0, 0.1) is 11.7 Å². The molecular weight excluding hydrogens is 373 g/mol. The minimum absolute atomic E-state index is 0.0969. The molecule has 2 heterocycles. The number of carbonyl (C=O) groups is 2. The predicted octanol–water partition coefficient (Wildman–Crippen LogP) is 2.60. The van der Waals surface area contributed by atoms with Gasteiger partial charge in [0, 0.05) is 30.9 Å². The molecular formula is C21H26FN5O2. The molecule has 0 bridgehead atoms. The SMILES string of the molecule is CC(C)c1cc(C(=O)N2CCCC(CNC(=O)c3ccc(F)cc3)C2)nc(N)n1. The molecule has 3 rings (SSSR count). The molecule has 0 saturated carbocycles. The Labute approximate surface area is 169 Å². The number of nitrogens with zero attached hydrogens (tertiary/aromatic N) is 3. The van der Waals surface area contributed by atoms with Crippen molar-refractivity contribution in [2.24, 2.45) is 5.92 Å². The highest BCUT2D eigenvalue weighted by atomic mass is 19.1. The van der Waals surface area contributed by atoms with E-state index < -0.39 is 0 Å². The number of nitrogens with two attached hydrogens (primary N) is 1. The predicted molar refractivity (Wildman–Crippen MR) is 108 cm³/mol. The second-order valence-corrected chi connectivity index (χ2v) is 7.67. The van der Waals surface area contributed by atoms with E-state index in [1.165, 1.54) is 24.3 Å². The maximum Gasteiger partial charge on any atom is 0.272 e. The number of nitrogens with one attached hydrogen (secondary N) is 1. The van der Waals surface area contributed by atoms with E-state index in [0.29, 0.717) is 30.9 Å². The summed E-state index contributed by atoms with van der Waals surface area (Å²) in [5, 5.41) is 2.88.